The van der Waals surface area contributed by atoms with Gasteiger partial charge in [-0.25, -0.2) is 0 Å². The third kappa shape index (κ3) is 4.87. The summed E-state index contributed by atoms with van der Waals surface area (Å²) in [5, 5.41) is 12.7. The molecule has 0 aromatic heterocycles. The van der Waals surface area contributed by atoms with Crippen molar-refractivity contribution in [2.24, 2.45) is 11.3 Å². The van der Waals surface area contributed by atoms with Crippen molar-refractivity contribution in [1.29, 1.82) is 0 Å². The molecule has 2 aliphatic rings. The molecule has 18 heavy (non-hydrogen) atoms. The molecule has 0 aromatic carbocycles. The van der Waals surface area contributed by atoms with Gasteiger partial charge in [0.25, 0.3) is 0 Å². The fraction of sp³-hybridized carbons (Fsp3) is 1.00. The van der Waals surface area contributed by atoms with Crippen LogP contribution in [0.5, 0.6) is 0 Å². The van der Waals surface area contributed by atoms with Crippen molar-refractivity contribution in [3.63, 3.8) is 0 Å². The van der Waals surface area contributed by atoms with E-state index in [1.807, 2.05) is 0 Å². The van der Waals surface area contributed by atoms with E-state index in [9.17, 15) is 0 Å². The van der Waals surface area contributed by atoms with Gasteiger partial charge in [0, 0.05) is 25.7 Å². The summed E-state index contributed by atoms with van der Waals surface area (Å²) in [7, 11) is 0. The molecule has 106 valence electrons. The van der Waals surface area contributed by atoms with Gasteiger partial charge in [-0.3, -0.25) is 0 Å². The highest BCUT2D eigenvalue weighted by atomic mass is 16.3. The van der Waals surface area contributed by atoms with Gasteiger partial charge in [-0.2, -0.15) is 0 Å². The zero-order valence-corrected chi connectivity index (χ0v) is 12.1. The van der Waals surface area contributed by atoms with Crippen molar-refractivity contribution in [2.75, 3.05) is 32.8 Å². The molecule has 1 heterocycles. The number of piperidine rings is 1. The molecule has 3 heteroatoms. The SMILES string of the molecule is CC(C)(CCO)CNC1CCN(CC2CC2)CC1. The molecule has 0 atom stereocenters. The van der Waals surface area contributed by atoms with Crippen LogP contribution in [0.25, 0.3) is 0 Å². The Hall–Kier alpha value is -0.120. The Morgan fingerprint density at radius 3 is 2.39 bits per heavy atom. The molecule has 3 nitrogen and oxygen atoms in total. The quantitative estimate of drug-likeness (QED) is 0.728. The summed E-state index contributed by atoms with van der Waals surface area (Å²) >= 11 is 0. The third-order valence-electron chi connectivity index (χ3n) is 4.46. The smallest absolute Gasteiger partial charge is 0.0436 e. The van der Waals surface area contributed by atoms with Crippen LogP contribution in [-0.2, 0) is 0 Å². The number of nitrogens with zero attached hydrogens (tertiary/aromatic N) is 1. The van der Waals surface area contributed by atoms with Crippen LogP contribution in [0, 0.1) is 11.3 Å². The maximum absolute atomic E-state index is 9.03. The Morgan fingerprint density at radius 1 is 1.17 bits per heavy atom. The molecule has 1 aliphatic heterocycles. The van der Waals surface area contributed by atoms with E-state index in [1.54, 1.807) is 0 Å². The second-order valence-electron chi connectivity index (χ2n) is 7.04. The molecule has 2 rings (SSSR count). The summed E-state index contributed by atoms with van der Waals surface area (Å²) in [6.45, 7) is 9.69. The second-order valence-corrected chi connectivity index (χ2v) is 7.04. The van der Waals surface area contributed by atoms with Gasteiger partial charge >= 0.3 is 0 Å². The van der Waals surface area contributed by atoms with E-state index in [0.29, 0.717) is 12.6 Å². The van der Waals surface area contributed by atoms with E-state index in [1.165, 1.54) is 45.3 Å². The Labute approximate surface area is 112 Å². The molecule has 1 saturated heterocycles. The van der Waals surface area contributed by atoms with E-state index in [4.69, 9.17) is 5.11 Å². The fourth-order valence-corrected chi connectivity index (χ4v) is 2.80. The topological polar surface area (TPSA) is 35.5 Å². The minimum atomic E-state index is 0.222. The van der Waals surface area contributed by atoms with Crippen LogP contribution < -0.4 is 5.32 Å². The minimum absolute atomic E-state index is 0.222. The van der Waals surface area contributed by atoms with Crippen LogP contribution >= 0.6 is 0 Å². The lowest BCUT2D eigenvalue weighted by Crippen LogP contribution is -2.45. The first-order valence-electron chi connectivity index (χ1n) is 7.66. The first-order valence-corrected chi connectivity index (χ1v) is 7.66. The summed E-state index contributed by atoms with van der Waals surface area (Å²) in [5.74, 6) is 1.03. The highest BCUT2D eigenvalue weighted by Gasteiger charge is 2.27. The maximum atomic E-state index is 9.03. The van der Waals surface area contributed by atoms with Crippen molar-refractivity contribution >= 4 is 0 Å². The predicted octanol–water partition coefficient (Wildman–Crippen LogP) is 1.86. The summed E-state index contributed by atoms with van der Waals surface area (Å²) in [6, 6.07) is 0.693. The number of rotatable bonds is 7. The average Bonchev–Trinajstić information content (AvgIpc) is 3.12. The number of nitrogens with one attached hydrogen (secondary N) is 1. The lowest BCUT2D eigenvalue weighted by atomic mass is 9.89. The van der Waals surface area contributed by atoms with Crippen LogP contribution in [-0.4, -0.2) is 48.8 Å². The van der Waals surface area contributed by atoms with Gasteiger partial charge in [0.15, 0.2) is 0 Å². The lowest BCUT2D eigenvalue weighted by molar-refractivity contribution is 0.168. The van der Waals surface area contributed by atoms with Crippen LogP contribution in [0.3, 0.4) is 0 Å². The van der Waals surface area contributed by atoms with Gasteiger partial charge in [-0.05, 0) is 56.5 Å². The summed E-state index contributed by atoms with van der Waals surface area (Å²) in [6.07, 6.45) is 6.41. The number of hydrogen-bond acceptors (Lipinski definition) is 3. The number of hydrogen-bond donors (Lipinski definition) is 2. The van der Waals surface area contributed by atoms with Crippen molar-refractivity contribution in [3.8, 4) is 0 Å². The molecular weight excluding hydrogens is 224 g/mol. The Bertz CT molecular complexity index is 243. The third-order valence-corrected chi connectivity index (χ3v) is 4.46. The van der Waals surface area contributed by atoms with E-state index in [-0.39, 0.29) is 5.41 Å². The minimum Gasteiger partial charge on any atom is -0.396 e. The number of likely N-dealkylation sites (tertiary alicyclic amines) is 1. The molecular formula is C15H30N2O. The second kappa shape index (κ2) is 6.36. The van der Waals surface area contributed by atoms with E-state index >= 15 is 0 Å². The molecule has 0 unspecified atom stereocenters. The lowest BCUT2D eigenvalue weighted by Gasteiger charge is -2.34. The molecule has 1 saturated carbocycles. The highest BCUT2D eigenvalue weighted by Crippen LogP contribution is 2.30. The number of aliphatic hydroxyl groups is 1. The standard InChI is InChI=1S/C15H30N2O/c1-15(2,7-10-18)12-16-14-5-8-17(9-6-14)11-13-3-4-13/h13-14,16,18H,3-12H2,1-2H3. The summed E-state index contributed by atoms with van der Waals surface area (Å²) < 4.78 is 0. The monoisotopic (exact) mass is 254 g/mol. The van der Waals surface area contributed by atoms with Crippen molar-refractivity contribution < 1.29 is 5.11 Å². The zero-order valence-electron chi connectivity index (χ0n) is 12.1. The molecule has 0 aromatic rings. The Kier molecular flexibility index (Phi) is 5.05. The zero-order chi connectivity index (χ0) is 13.0. The van der Waals surface area contributed by atoms with Crippen LogP contribution in [0.4, 0.5) is 0 Å². The van der Waals surface area contributed by atoms with Crippen LogP contribution in [0.1, 0.15) is 46.0 Å². The van der Waals surface area contributed by atoms with Gasteiger partial charge in [-0.1, -0.05) is 13.8 Å². The summed E-state index contributed by atoms with van der Waals surface area (Å²) in [5.41, 5.74) is 0.222. The first kappa shape index (κ1) is 14.3. The molecule has 1 aliphatic carbocycles. The molecule has 0 amide bonds. The van der Waals surface area contributed by atoms with Crippen molar-refractivity contribution in [3.05, 3.63) is 0 Å². The largest absolute Gasteiger partial charge is 0.396 e. The van der Waals surface area contributed by atoms with Crippen molar-refractivity contribution in [2.45, 2.75) is 52.0 Å². The van der Waals surface area contributed by atoms with Crippen molar-refractivity contribution in [1.82, 2.24) is 10.2 Å². The fourth-order valence-electron chi connectivity index (χ4n) is 2.80. The molecule has 0 radical (unpaired) electrons. The van der Waals surface area contributed by atoms with Gasteiger partial charge in [0.05, 0.1) is 0 Å². The first-order chi connectivity index (χ1) is 8.59. The Balaban J connectivity index is 1.60. The van der Waals surface area contributed by atoms with Gasteiger partial charge < -0.3 is 15.3 Å². The van der Waals surface area contributed by atoms with E-state index < -0.39 is 0 Å². The van der Waals surface area contributed by atoms with Gasteiger partial charge in [0.2, 0.25) is 0 Å². The maximum Gasteiger partial charge on any atom is 0.0436 e. The molecule has 2 N–H and O–H groups in total. The normalized spacial score (nSPS) is 23.5. The van der Waals surface area contributed by atoms with Crippen LogP contribution in [0.15, 0.2) is 0 Å². The molecule has 0 spiro atoms. The van der Waals surface area contributed by atoms with Gasteiger partial charge in [-0.15, -0.1) is 0 Å². The van der Waals surface area contributed by atoms with Gasteiger partial charge in [0.1, 0.15) is 0 Å². The molecule has 0 bridgehead atoms. The molecule has 2 fully saturated rings. The number of aliphatic hydroxyl groups excluding tert-OH is 1. The van der Waals surface area contributed by atoms with E-state index in [2.05, 4.69) is 24.1 Å². The highest BCUT2D eigenvalue weighted by molar-refractivity contribution is 4.83. The Morgan fingerprint density at radius 2 is 1.83 bits per heavy atom. The summed E-state index contributed by atoms with van der Waals surface area (Å²) in [4.78, 5) is 2.65. The van der Waals surface area contributed by atoms with E-state index in [0.717, 1.165) is 18.9 Å². The van der Waals surface area contributed by atoms with Crippen LogP contribution in [0.2, 0.25) is 0 Å². The average molecular weight is 254 g/mol. The predicted molar refractivity (Wildman–Crippen MR) is 75.7 cm³/mol.